The molecule has 4 aromatic rings. The van der Waals surface area contributed by atoms with E-state index in [2.05, 4.69) is 34.2 Å². The highest BCUT2D eigenvalue weighted by molar-refractivity contribution is 5.79. The number of ether oxygens (including phenoxy) is 1. The topological polar surface area (TPSA) is 35.0 Å². The van der Waals surface area contributed by atoms with E-state index >= 15 is 0 Å². The first-order valence-corrected chi connectivity index (χ1v) is 7.63. The highest BCUT2D eigenvalue weighted by Crippen LogP contribution is 2.16. The summed E-state index contributed by atoms with van der Waals surface area (Å²) < 4.78 is 5.82. The third kappa shape index (κ3) is 3.05. The summed E-state index contributed by atoms with van der Waals surface area (Å²) in [5.74, 6) is 0. The van der Waals surface area contributed by atoms with Crippen LogP contribution in [-0.2, 0) is 18.0 Å². The second-order valence-electron chi connectivity index (χ2n) is 5.57. The largest absolute Gasteiger partial charge is 0.372 e. The van der Waals surface area contributed by atoms with Gasteiger partial charge in [0, 0.05) is 23.2 Å². The first-order valence-electron chi connectivity index (χ1n) is 7.63. The number of aromatic nitrogens is 2. The summed E-state index contributed by atoms with van der Waals surface area (Å²) in [5, 5.41) is 2.28. The molecule has 0 unspecified atom stereocenters. The van der Waals surface area contributed by atoms with Crippen LogP contribution in [0.25, 0.3) is 21.8 Å². The quantitative estimate of drug-likeness (QED) is 0.556. The van der Waals surface area contributed by atoms with Gasteiger partial charge in [0.2, 0.25) is 0 Å². The Bertz CT molecular complexity index is 886. The van der Waals surface area contributed by atoms with E-state index in [9.17, 15) is 0 Å². The van der Waals surface area contributed by atoms with Gasteiger partial charge in [0.15, 0.2) is 0 Å². The molecule has 23 heavy (non-hydrogen) atoms. The molecule has 0 aliphatic rings. The van der Waals surface area contributed by atoms with Crippen molar-refractivity contribution in [3.63, 3.8) is 0 Å². The van der Waals surface area contributed by atoms with Crippen molar-refractivity contribution in [2.75, 3.05) is 0 Å². The first-order chi connectivity index (χ1) is 11.4. The average molecular weight is 300 g/mol. The van der Waals surface area contributed by atoms with E-state index in [4.69, 9.17) is 4.74 Å². The maximum atomic E-state index is 5.82. The fourth-order valence-corrected chi connectivity index (χ4v) is 2.68. The normalized spacial score (nSPS) is 11.1. The molecule has 2 aromatic heterocycles. The Morgan fingerprint density at radius 2 is 1.13 bits per heavy atom. The molecule has 2 aromatic carbocycles. The summed E-state index contributed by atoms with van der Waals surface area (Å²) in [7, 11) is 0. The van der Waals surface area contributed by atoms with Crippen molar-refractivity contribution in [3.8, 4) is 0 Å². The van der Waals surface area contributed by atoms with Gasteiger partial charge >= 0.3 is 0 Å². The molecule has 3 nitrogen and oxygen atoms in total. The lowest BCUT2D eigenvalue weighted by atomic mass is 10.1. The van der Waals surface area contributed by atoms with Gasteiger partial charge < -0.3 is 4.74 Å². The minimum atomic E-state index is 0.546. The van der Waals surface area contributed by atoms with Crippen LogP contribution in [0.15, 0.2) is 73.1 Å². The number of nitrogens with zero attached hydrogens (tertiary/aromatic N) is 2. The number of fused-ring (bicyclic) bond motifs is 2. The summed E-state index contributed by atoms with van der Waals surface area (Å²) in [4.78, 5) is 8.91. The molecular formula is C20H16N2O. The lowest BCUT2D eigenvalue weighted by Gasteiger charge is -2.06. The third-order valence-corrected chi connectivity index (χ3v) is 3.83. The Balaban J connectivity index is 1.45. The van der Waals surface area contributed by atoms with Crippen LogP contribution in [0.5, 0.6) is 0 Å². The molecule has 0 atom stereocenters. The standard InChI is InChI=1S/C20H16N2O/c1-3-7-19-17(5-1)9-15(11-21-19)13-23-14-16-10-18-6-2-4-8-20(18)22-12-16/h1-12H,13-14H2. The molecule has 0 amide bonds. The van der Waals surface area contributed by atoms with Crippen LogP contribution >= 0.6 is 0 Å². The Morgan fingerprint density at radius 3 is 1.65 bits per heavy atom. The minimum absolute atomic E-state index is 0.546. The number of pyridine rings is 2. The van der Waals surface area contributed by atoms with Gasteiger partial charge in [0.1, 0.15) is 0 Å². The Labute approximate surface area is 134 Å². The van der Waals surface area contributed by atoms with Gasteiger partial charge in [-0.05, 0) is 35.4 Å². The maximum absolute atomic E-state index is 5.82. The highest BCUT2D eigenvalue weighted by atomic mass is 16.5. The van der Waals surface area contributed by atoms with Crippen LogP contribution in [0.1, 0.15) is 11.1 Å². The van der Waals surface area contributed by atoms with Gasteiger partial charge in [0.25, 0.3) is 0 Å². The summed E-state index contributed by atoms with van der Waals surface area (Å²) >= 11 is 0. The van der Waals surface area contributed by atoms with E-state index in [1.807, 2.05) is 48.8 Å². The van der Waals surface area contributed by atoms with E-state index in [1.54, 1.807) is 0 Å². The molecule has 0 bridgehead atoms. The van der Waals surface area contributed by atoms with E-state index in [1.165, 1.54) is 0 Å². The van der Waals surface area contributed by atoms with E-state index in [-0.39, 0.29) is 0 Å². The Hall–Kier alpha value is -2.78. The van der Waals surface area contributed by atoms with Gasteiger partial charge in [-0.1, -0.05) is 36.4 Å². The summed E-state index contributed by atoms with van der Waals surface area (Å²) in [6.45, 7) is 1.09. The lowest BCUT2D eigenvalue weighted by Crippen LogP contribution is -1.96. The van der Waals surface area contributed by atoms with Crippen molar-refractivity contribution in [1.29, 1.82) is 0 Å². The molecule has 0 aliphatic carbocycles. The zero-order valence-electron chi connectivity index (χ0n) is 12.6. The molecule has 0 saturated heterocycles. The minimum Gasteiger partial charge on any atom is -0.372 e. The SMILES string of the molecule is c1ccc2ncc(COCc3cnc4ccccc4c3)cc2c1. The van der Waals surface area contributed by atoms with Crippen LogP contribution in [-0.4, -0.2) is 9.97 Å². The number of benzene rings is 2. The van der Waals surface area contributed by atoms with Crippen molar-refractivity contribution < 1.29 is 4.74 Å². The molecule has 3 heteroatoms. The zero-order valence-corrected chi connectivity index (χ0v) is 12.6. The van der Waals surface area contributed by atoms with E-state index in [0.717, 1.165) is 32.9 Å². The molecule has 0 aliphatic heterocycles. The maximum Gasteiger partial charge on any atom is 0.0736 e. The molecular weight excluding hydrogens is 284 g/mol. The van der Waals surface area contributed by atoms with Crippen LogP contribution in [0.2, 0.25) is 0 Å². The van der Waals surface area contributed by atoms with Crippen molar-refractivity contribution in [1.82, 2.24) is 9.97 Å². The number of para-hydroxylation sites is 2. The van der Waals surface area contributed by atoms with Crippen LogP contribution in [0.3, 0.4) is 0 Å². The average Bonchev–Trinajstić information content (AvgIpc) is 2.61. The second-order valence-corrected chi connectivity index (χ2v) is 5.57. The number of hydrogen-bond acceptors (Lipinski definition) is 3. The third-order valence-electron chi connectivity index (χ3n) is 3.83. The van der Waals surface area contributed by atoms with Crippen molar-refractivity contribution in [2.24, 2.45) is 0 Å². The first kappa shape index (κ1) is 13.9. The van der Waals surface area contributed by atoms with Gasteiger partial charge in [-0.2, -0.15) is 0 Å². The van der Waals surface area contributed by atoms with E-state index < -0.39 is 0 Å². The molecule has 0 saturated carbocycles. The predicted molar refractivity (Wildman–Crippen MR) is 92.0 cm³/mol. The Morgan fingerprint density at radius 1 is 0.652 bits per heavy atom. The number of hydrogen-bond donors (Lipinski definition) is 0. The van der Waals surface area contributed by atoms with Crippen molar-refractivity contribution >= 4 is 21.8 Å². The molecule has 0 N–H and O–H groups in total. The summed E-state index contributed by atoms with van der Waals surface area (Å²) in [6, 6.07) is 20.5. The Kier molecular flexibility index (Phi) is 3.70. The highest BCUT2D eigenvalue weighted by Gasteiger charge is 2.00. The molecule has 2 heterocycles. The van der Waals surface area contributed by atoms with Gasteiger partial charge in [-0.25, -0.2) is 0 Å². The lowest BCUT2D eigenvalue weighted by molar-refractivity contribution is 0.107. The van der Waals surface area contributed by atoms with Crippen molar-refractivity contribution in [2.45, 2.75) is 13.2 Å². The number of rotatable bonds is 4. The van der Waals surface area contributed by atoms with Crippen molar-refractivity contribution in [3.05, 3.63) is 84.2 Å². The second kappa shape index (κ2) is 6.15. The monoisotopic (exact) mass is 300 g/mol. The fourth-order valence-electron chi connectivity index (χ4n) is 2.68. The van der Waals surface area contributed by atoms with Gasteiger partial charge in [-0.3, -0.25) is 9.97 Å². The van der Waals surface area contributed by atoms with Crippen LogP contribution < -0.4 is 0 Å². The molecule has 4 rings (SSSR count). The van der Waals surface area contributed by atoms with Gasteiger partial charge in [0.05, 0.1) is 24.2 Å². The predicted octanol–water partition coefficient (Wildman–Crippen LogP) is 4.50. The zero-order chi connectivity index (χ0) is 15.5. The van der Waals surface area contributed by atoms with Gasteiger partial charge in [-0.15, -0.1) is 0 Å². The fraction of sp³-hybridized carbons (Fsp3) is 0.100. The van der Waals surface area contributed by atoms with E-state index in [0.29, 0.717) is 13.2 Å². The molecule has 0 radical (unpaired) electrons. The smallest absolute Gasteiger partial charge is 0.0736 e. The van der Waals surface area contributed by atoms with Crippen LogP contribution in [0.4, 0.5) is 0 Å². The molecule has 0 spiro atoms. The molecule has 0 fully saturated rings. The summed E-state index contributed by atoms with van der Waals surface area (Å²) in [5.41, 5.74) is 4.18. The van der Waals surface area contributed by atoms with Crippen LogP contribution in [0, 0.1) is 0 Å². The summed E-state index contributed by atoms with van der Waals surface area (Å²) in [6.07, 6.45) is 3.75. The molecule has 112 valence electrons.